The molecule has 0 fully saturated rings. The molecule has 1 N–H and O–H groups in total. The maximum absolute atomic E-state index is 11.7. The number of halogens is 4. The summed E-state index contributed by atoms with van der Waals surface area (Å²) in [6.07, 6.45) is -4.32. The fourth-order valence-corrected chi connectivity index (χ4v) is 1.84. The Morgan fingerprint density at radius 1 is 1.53 bits per heavy atom. The van der Waals surface area contributed by atoms with Crippen molar-refractivity contribution in [3.63, 3.8) is 0 Å². The molecule has 1 heterocycles. The first-order valence-corrected chi connectivity index (χ1v) is 5.56. The smallest absolute Gasteiger partial charge is 0.370 e. The van der Waals surface area contributed by atoms with Gasteiger partial charge in [0, 0.05) is 6.54 Å². The molecule has 0 atom stereocenters. The minimum absolute atomic E-state index is 0.0798. The summed E-state index contributed by atoms with van der Waals surface area (Å²) in [6, 6.07) is 1.84. The van der Waals surface area contributed by atoms with E-state index in [1.165, 1.54) is 0 Å². The van der Waals surface area contributed by atoms with Gasteiger partial charge in [-0.25, -0.2) is 4.98 Å². The van der Waals surface area contributed by atoms with Crippen molar-refractivity contribution in [3.05, 3.63) is 10.0 Å². The summed E-state index contributed by atoms with van der Waals surface area (Å²) >= 11 is 6.63. The van der Waals surface area contributed by atoms with Gasteiger partial charge in [-0.3, -0.25) is 0 Å². The molecule has 1 aromatic rings. The minimum atomic E-state index is -4.32. The molecule has 17 heavy (non-hydrogen) atoms. The lowest BCUT2D eigenvalue weighted by Crippen LogP contribution is -2.20. The molecule has 1 rings (SSSR count). The second-order valence-corrected chi connectivity index (χ2v) is 4.20. The quantitative estimate of drug-likeness (QED) is 0.845. The second-order valence-electron chi connectivity index (χ2n) is 2.85. The van der Waals surface area contributed by atoms with Crippen molar-refractivity contribution in [2.24, 2.45) is 0 Å². The first-order valence-electron chi connectivity index (χ1n) is 4.37. The fourth-order valence-electron chi connectivity index (χ4n) is 0.864. The Bertz CT molecular complexity index is 415. The van der Waals surface area contributed by atoms with Gasteiger partial charge in [0.2, 0.25) is 0 Å². The summed E-state index contributed by atoms with van der Waals surface area (Å²) in [4.78, 5) is 4.06. The fraction of sp³-hybridized carbons (Fsp3) is 0.500. The molecule has 0 aliphatic carbocycles. The van der Waals surface area contributed by atoms with E-state index in [0.29, 0.717) is 5.13 Å². The lowest BCUT2D eigenvalue weighted by molar-refractivity contribution is -0.172. The van der Waals surface area contributed by atoms with Crippen LogP contribution in [-0.2, 0) is 4.74 Å². The first kappa shape index (κ1) is 14.0. The molecule has 9 heteroatoms. The molecule has 0 aromatic carbocycles. The maximum atomic E-state index is 11.7. The number of nitrogens with one attached hydrogen (secondary N) is 1. The number of aromatic nitrogens is 1. The monoisotopic (exact) mass is 285 g/mol. The van der Waals surface area contributed by atoms with Gasteiger partial charge in [-0.15, -0.1) is 0 Å². The van der Waals surface area contributed by atoms with E-state index < -0.39 is 12.8 Å². The standard InChI is InChI=1S/C8H7ClF3N3OS/c9-6-5(3-13)17-7(15-6)14-1-2-16-4-8(10,11)12/h1-2,4H2,(H,14,15). The highest BCUT2D eigenvalue weighted by Crippen LogP contribution is 2.25. The van der Waals surface area contributed by atoms with Crippen LogP contribution >= 0.6 is 22.9 Å². The number of ether oxygens (including phenoxy) is 1. The molecule has 94 valence electrons. The van der Waals surface area contributed by atoms with E-state index in [1.54, 1.807) is 0 Å². The van der Waals surface area contributed by atoms with E-state index in [1.807, 2.05) is 6.07 Å². The second kappa shape index (κ2) is 6.05. The van der Waals surface area contributed by atoms with Gasteiger partial charge >= 0.3 is 6.18 Å². The average Bonchev–Trinajstić information content (AvgIpc) is 2.57. The zero-order chi connectivity index (χ0) is 12.9. The van der Waals surface area contributed by atoms with Crippen LogP contribution in [0.4, 0.5) is 18.3 Å². The molecular weight excluding hydrogens is 279 g/mol. The Morgan fingerprint density at radius 2 is 2.24 bits per heavy atom. The SMILES string of the molecule is N#Cc1sc(NCCOCC(F)(F)F)nc1Cl. The molecule has 0 unspecified atom stereocenters. The largest absolute Gasteiger partial charge is 0.411 e. The van der Waals surface area contributed by atoms with Crippen LogP contribution in [0, 0.1) is 11.3 Å². The minimum Gasteiger partial charge on any atom is -0.370 e. The highest BCUT2D eigenvalue weighted by atomic mass is 35.5. The molecule has 0 spiro atoms. The van der Waals surface area contributed by atoms with Crippen LogP contribution in [0.15, 0.2) is 0 Å². The van der Waals surface area contributed by atoms with Crippen LogP contribution in [0.3, 0.4) is 0 Å². The van der Waals surface area contributed by atoms with Crippen LogP contribution in [0.1, 0.15) is 4.88 Å². The Balaban J connectivity index is 2.25. The molecule has 0 aliphatic rings. The van der Waals surface area contributed by atoms with Gasteiger partial charge in [0.15, 0.2) is 10.3 Å². The topological polar surface area (TPSA) is 57.9 Å². The van der Waals surface area contributed by atoms with Crippen molar-refractivity contribution in [3.8, 4) is 6.07 Å². The summed E-state index contributed by atoms with van der Waals surface area (Å²) in [7, 11) is 0. The van der Waals surface area contributed by atoms with Crippen LogP contribution < -0.4 is 5.32 Å². The molecule has 4 nitrogen and oxygen atoms in total. The lowest BCUT2D eigenvalue weighted by atomic mass is 10.6. The van der Waals surface area contributed by atoms with Gasteiger partial charge in [-0.05, 0) is 0 Å². The molecule has 0 amide bonds. The Morgan fingerprint density at radius 3 is 2.76 bits per heavy atom. The zero-order valence-electron chi connectivity index (χ0n) is 8.34. The van der Waals surface area contributed by atoms with Crippen molar-refractivity contribution >= 4 is 28.1 Å². The van der Waals surface area contributed by atoms with E-state index in [2.05, 4.69) is 15.0 Å². The Hall–Kier alpha value is -1.04. The molecule has 0 radical (unpaired) electrons. The highest BCUT2D eigenvalue weighted by Gasteiger charge is 2.27. The van der Waals surface area contributed by atoms with Crippen LogP contribution in [-0.4, -0.2) is 30.9 Å². The van der Waals surface area contributed by atoms with Gasteiger partial charge in [0.05, 0.1) is 6.61 Å². The van der Waals surface area contributed by atoms with Crippen molar-refractivity contribution in [1.82, 2.24) is 4.98 Å². The number of hydrogen-bond acceptors (Lipinski definition) is 5. The van der Waals surface area contributed by atoms with Crippen molar-refractivity contribution in [1.29, 1.82) is 5.26 Å². The molecule has 0 aliphatic heterocycles. The molecule has 0 saturated heterocycles. The molecule has 1 aromatic heterocycles. The third-order valence-corrected chi connectivity index (χ3v) is 2.78. The molecule has 0 saturated carbocycles. The van der Waals surface area contributed by atoms with E-state index in [4.69, 9.17) is 16.9 Å². The summed E-state index contributed by atoms with van der Waals surface area (Å²) in [5, 5.41) is 11.8. The van der Waals surface area contributed by atoms with E-state index >= 15 is 0 Å². The van der Waals surface area contributed by atoms with Gasteiger partial charge in [-0.2, -0.15) is 18.4 Å². The number of rotatable bonds is 5. The maximum Gasteiger partial charge on any atom is 0.411 e. The van der Waals surface area contributed by atoms with Gasteiger partial charge in [0.1, 0.15) is 17.6 Å². The number of alkyl halides is 3. The van der Waals surface area contributed by atoms with Crippen LogP contribution in [0.5, 0.6) is 0 Å². The van der Waals surface area contributed by atoms with E-state index in [0.717, 1.165) is 11.3 Å². The summed E-state index contributed by atoms with van der Waals surface area (Å²) < 4.78 is 39.5. The number of thiazole rings is 1. The third kappa shape index (κ3) is 5.21. The number of anilines is 1. The zero-order valence-corrected chi connectivity index (χ0v) is 9.92. The van der Waals surface area contributed by atoms with E-state index in [-0.39, 0.29) is 23.2 Å². The predicted octanol–water partition coefficient (Wildman–Crippen LogP) is 2.66. The summed E-state index contributed by atoms with van der Waals surface area (Å²) in [5.41, 5.74) is 0. The summed E-state index contributed by atoms with van der Waals surface area (Å²) in [5.74, 6) is 0. The van der Waals surface area contributed by atoms with Crippen molar-refractivity contribution in [2.75, 3.05) is 25.1 Å². The van der Waals surface area contributed by atoms with Crippen LogP contribution in [0.2, 0.25) is 5.15 Å². The van der Waals surface area contributed by atoms with Crippen molar-refractivity contribution < 1.29 is 17.9 Å². The van der Waals surface area contributed by atoms with Gasteiger partial charge in [-0.1, -0.05) is 22.9 Å². The lowest BCUT2D eigenvalue weighted by Gasteiger charge is -2.07. The van der Waals surface area contributed by atoms with Gasteiger partial charge < -0.3 is 10.1 Å². The third-order valence-electron chi connectivity index (χ3n) is 1.48. The molecule has 0 bridgehead atoms. The Kier molecular flexibility index (Phi) is 4.99. The number of hydrogen-bond donors (Lipinski definition) is 1. The summed E-state index contributed by atoms with van der Waals surface area (Å²) in [6.45, 7) is -1.24. The first-order chi connectivity index (χ1) is 7.92. The Labute approximate surface area is 104 Å². The van der Waals surface area contributed by atoms with Gasteiger partial charge in [0.25, 0.3) is 0 Å². The van der Waals surface area contributed by atoms with E-state index in [9.17, 15) is 13.2 Å². The average molecular weight is 286 g/mol. The van der Waals surface area contributed by atoms with Crippen molar-refractivity contribution in [2.45, 2.75) is 6.18 Å². The molecular formula is C8H7ClF3N3OS. The number of nitrogens with zero attached hydrogens (tertiary/aromatic N) is 2. The van der Waals surface area contributed by atoms with Crippen LogP contribution in [0.25, 0.3) is 0 Å². The predicted molar refractivity (Wildman–Crippen MR) is 57.2 cm³/mol. The normalized spacial score (nSPS) is 11.2. The highest BCUT2D eigenvalue weighted by molar-refractivity contribution is 7.16. The number of nitriles is 1.